The molecule has 1 rings (SSSR count). The Morgan fingerprint density at radius 2 is 1.53 bits per heavy atom. The summed E-state index contributed by atoms with van der Waals surface area (Å²) in [7, 11) is -3.27. The summed E-state index contributed by atoms with van der Waals surface area (Å²) < 4.78 is 21.9. The van der Waals surface area contributed by atoms with E-state index in [9.17, 15) is 18.5 Å². The lowest BCUT2D eigenvalue weighted by Crippen LogP contribution is -1.97. The number of hydrogen-bond donors (Lipinski definition) is 0. The predicted molar refractivity (Wildman–Crippen MR) is 57.6 cm³/mol. The molecule has 0 radical (unpaired) electrons. The Bertz CT molecular complexity index is 422. The topological polar surface area (TPSA) is 77.3 Å². The van der Waals surface area contributed by atoms with Crippen LogP contribution < -0.4 is 0 Å². The van der Waals surface area contributed by atoms with Crippen molar-refractivity contribution in [1.82, 2.24) is 0 Å². The minimum absolute atomic E-state index is 0.0816. The van der Waals surface area contributed by atoms with Crippen molar-refractivity contribution in [1.29, 1.82) is 0 Å². The van der Waals surface area contributed by atoms with Crippen molar-refractivity contribution in [2.24, 2.45) is 0 Å². The van der Waals surface area contributed by atoms with Crippen molar-refractivity contribution in [3.8, 4) is 0 Å². The first-order chi connectivity index (χ1) is 6.91. The molecule has 0 bridgehead atoms. The Hall–Kier alpha value is -1.43. The van der Waals surface area contributed by atoms with Crippen LogP contribution in [0.15, 0.2) is 29.2 Å². The molecule has 0 atom stereocenters. The summed E-state index contributed by atoms with van der Waals surface area (Å²) in [6.07, 6.45) is 1.05. The second kappa shape index (κ2) is 5.45. The molecule has 5 nitrogen and oxygen atoms in total. The molecule has 0 amide bonds. The molecule has 0 saturated carbocycles. The maximum absolute atomic E-state index is 10.9. The Labute approximate surface area is 88.8 Å². The Kier molecular flexibility index (Phi) is 4.93. The lowest BCUT2D eigenvalue weighted by Gasteiger charge is -1.96. The van der Waals surface area contributed by atoms with Crippen molar-refractivity contribution >= 4 is 15.5 Å². The lowest BCUT2D eigenvalue weighted by atomic mass is 10.3. The smallest absolute Gasteiger partial charge is 0.258 e. The lowest BCUT2D eigenvalue weighted by molar-refractivity contribution is -0.384. The van der Waals surface area contributed by atoms with E-state index in [1.54, 1.807) is 0 Å². The fraction of sp³-hybridized carbons (Fsp3) is 0.333. The number of benzene rings is 1. The highest BCUT2D eigenvalue weighted by Crippen LogP contribution is 2.15. The van der Waals surface area contributed by atoms with Crippen LogP contribution in [-0.4, -0.2) is 19.6 Å². The van der Waals surface area contributed by atoms with Gasteiger partial charge in [0.05, 0.1) is 9.82 Å². The van der Waals surface area contributed by atoms with E-state index in [-0.39, 0.29) is 10.6 Å². The monoisotopic (exact) mass is 231 g/mol. The highest BCUT2D eigenvalue weighted by atomic mass is 32.2. The highest BCUT2D eigenvalue weighted by Gasteiger charge is 2.09. The fourth-order valence-electron chi connectivity index (χ4n) is 0.815. The predicted octanol–water partition coefficient (Wildman–Crippen LogP) is 2.02. The summed E-state index contributed by atoms with van der Waals surface area (Å²) in [5.74, 6) is 0. The Morgan fingerprint density at radius 3 is 1.80 bits per heavy atom. The van der Waals surface area contributed by atoms with Crippen LogP contribution in [-0.2, 0) is 9.84 Å². The summed E-state index contributed by atoms with van der Waals surface area (Å²) in [5.41, 5.74) is -0.118. The third-order valence-electron chi connectivity index (χ3n) is 1.48. The summed E-state index contributed by atoms with van der Waals surface area (Å²) in [4.78, 5) is 9.72. The van der Waals surface area contributed by atoms with Gasteiger partial charge in [0.2, 0.25) is 0 Å². The van der Waals surface area contributed by atoms with Crippen LogP contribution in [0.4, 0.5) is 5.69 Å². The molecule has 1 aromatic rings. The van der Waals surface area contributed by atoms with Gasteiger partial charge in [-0.15, -0.1) is 0 Å². The maximum atomic E-state index is 10.9. The number of non-ortho nitro benzene ring substituents is 1. The van der Waals surface area contributed by atoms with Gasteiger partial charge in [-0.2, -0.15) is 0 Å². The molecule has 84 valence electrons. The number of hydrogen-bond acceptors (Lipinski definition) is 4. The first-order valence-corrected chi connectivity index (χ1v) is 6.25. The third kappa shape index (κ3) is 4.07. The second-order valence-corrected chi connectivity index (χ2v) is 4.54. The number of nitrogens with zero attached hydrogens (tertiary/aromatic N) is 1. The van der Waals surface area contributed by atoms with Crippen LogP contribution in [0.5, 0.6) is 0 Å². The molecule has 0 heterocycles. The molecular weight excluding hydrogens is 218 g/mol. The standard InChI is InChI=1S/C7H7NO4S.C2H6/c1-13(11,12)7-4-2-6(3-5-7)8(9)10;1-2/h2-5H,1H3;1-2H3. The van der Waals surface area contributed by atoms with Crippen LogP contribution in [0.1, 0.15) is 13.8 Å². The summed E-state index contributed by atoms with van der Waals surface area (Å²) in [6, 6.07) is 4.76. The molecule has 6 heteroatoms. The number of nitro groups is 1. The zero-order valence-corrected chi connectivity index (χ0v) is 9.61. The van der Waals surface area contributed by atoms with Crippen molar-refractivity contribution in [3.05, 3.63) is 34.4 Å². The largest absolute Gasteiger partial charge is 0.269 e. The average Bonchev–Trinajstić information content (AvgIpc) is 2.20. The van der Waals surface area contributed by atoms with Crippen molar-refractivity contribution in [3.63, 3.8) is 0 Å². The normalized spacial score (nSPS) is 10.1. The van der Waals surface area contributed by atoms with E-state index in [0.29, 0.717) is 0 Å². The van der Waals surface area contributed by atoms with E-state index in [1.165, 1.54) is 12.1 Å². The SMILES string of the molecule is CC.CS(=O)(=O)c1ccc([N+](=O)[O-])cc1. The molecule has 0 aliphatic carbocycles. The van der Waals surface area contributed by atoms with E-state index < -0.39 is 14.8 Å². The number of nitro benzene ring substituents is 1. The zero-order chi connectivity index (χ0) is 12.1. The molecule has 0 saturated heterocycles. The first-order valence-electron chi connectivity index (χ1n) is 4.36. The minimum Gasteiger partial charge on any atom is -0.258 e. The van der Waals surface area contributed by atoms with E-state index >= 15 is 0 Å². The van der Waals surface area contributed by atoms with Gasteiger partial charge >= 0.3 is 0 Å². The summed E-state index contributed by atoms with van der Waals surface area (Å²) >= 11 is 0. The fourth-order valence-corrected chi connectivity index (χ4v) is 1.45. The molecule has 0 fully saturated rings. The van der Waals surface area contributed by atoms with Crippen molar-refractivity contribution < 1.29 is 13.3 Å². The van der Waals surface area contributed by atoms with E-state index in [2.05, 4.69) is 0 Å². The van der Waals surface area contributed by atoms with Gasteiger partial charge in [-0.1, -0.05) is 13.8 Å². The Morgan fingerprint density at radius 1 is 1.13 bits per heavy atom. The molecule has 0 aliphatic rings. The van der Waals surface area contributed by atoms with E-state index in [1.807, 2.05) is 13.8 Å². The summed E-state index contributed by atoms with van der Waals surface area (Å²) in [5, 5.41) is 10.2. The van der Waals surface area contributed by atoms with Crippen LogP contribution in [0.2, 0.25) is 0 Å². The average molecular weight is 231 g/mol. The maximum Gasteiger partial charge on any atom is 0.269 e. The summed E-state index contributed by atoms with van der Waals surface area (Å²) in [6.45, 7) is 4.00. The van der Waals surface area contributed by atoms with E-state index in [0.717, 1.165) is 18.4 Å². The van der Waals surface area contributed by atoms with Gasteiger partial charge in [0, 0.05) is 18.4 Å². The van der Waals surface area contributed by atoms with Crippen LogP contribution in [0.25, 0.3) is 0 Å². The van der Waals surface area contributed by atoms with Gasteiger partial charge in [-0.3, -0.25) is 10.1 Å². The molecule has 15 heavy (non-hydrogen) atoms. The van der Waals surface area contributed by atoms with Gasteiger partial charge in [-0.25, -0.2) is 8.42 Å². The van der Waals surface area contributed by atoms with Crippen molar-refractivity contribution in [2.45, 2.75) is 18.7 Å². The molecule has 0 unspecified atom stereocenters. The van der Waals surface area contributed by atoms with Gasteiger partial charge in [0.15, 0.2) is 9.84 Å². The van der Waals surface area contributed by atoms with Gasteiger partial charge < -0.3 is 0 Å². The Balaban J connectivity index is 0.000000921. The second-order valence-electron chi connectivity index (χ2n) is 2.52. The van der Waals surface area contributed by atoms with Crippen molar-refractivity contribution in [2.75, 3.05) is 6.26 Å². The first kappa shape index (κ1) is 13.6. The van der Waals surface area contributed by atoms with Crippen LogP contribution in [0.3, 0.4) is 0 Å². The van der Waals surface area contributed by atoms with Crippen LogP contribution >= 0.6 is 0 Å². The minimum atomic E-state index is -3.27. The zero-order valence-electron chi connectivity index (χ0n) is 8.80. The highest BCUT2D eigenvalue weighted by molar-refractivity contribution is 7.90. The third-order valence-corrected chi connectivity index (χ3v) is 2.60. The van der Waals surface area contributed by atoms with Gasteiger partial charge in [0.25, 0.3) is 5.69 Å². The quantitative estimate of drug-likeness (QED) is 0.576. The molecule has 1 aromatic carbocycles. The molecule has 0 spiro atoms. The molecule has 0 aromatic heterocycles. The number of rotatable bonds is 2. The van der Waals surface area contributed by atoms with E-state index in [4.69, 9.17) is 0 Å². The molecule has 0 aliphatic heterocycles. The van der Waals surface area contributed by atoms with Gasteiger partial charge in [-0.05, 0) is 12.1 Å². The molecule has 0 N–H and O–H groups in total. The molecular formula is C9H13NO4S. The van der Waals surface area contributed by atoms with Gasteiger partial charge in [0.1, 0.15) is 0 Å². The number of sulfone groups is 1. The van der Waals surface area contributed by atoms with Crippen LogP contribution in [0, 0.1) is 10.1 Å².